The highest BCUT2D eigenvalue weighted by Crippen LogP contribution is 2.10. The van der Waals surface area contributed by atoms with Crippen molar-refractivity contribution in [3.63, 3.8) is 0 Å². The van der Waals surface area contributed by atoms with E-state index >= 15 is 0 Å². The van der Waals surface area contributed by atoms with Gasteiger partial charge in [-0.3, -0.25) is 4.68 Å². The molecule has 0 saturated carbocycles. The average Bonchev–Trinajstić information content (AvgIpc) is 2.92. The highest BCUT2D eigenvalue weighted by Gasteiger charge is 2.07. The fourth-order valence-corrected chi connectivity index (χ4v) is 1.52. The molecule has 2 rings (SSSR count). The second-order valence-electron chi connectivity index (χ2n) is 4.30. The molecular formula is C11H19N9. The van der Waals surface area contributed by atoms with Gasteiger partial charge in [-0.25, -0.2) is 0 Å². The van der Waals surface area contributed by atoms with Gasteiger partial charge in [0.05, 0.1) is 12.7 Å². The fourth-order valence-electron chi connectivity index (χ4n) is 1.52. The van der Waals surface area contributed by atoms with Crippen LogP contribution in [0.25, 0.3) is 0 Å². The van der Waals surface area contributed by atoms with Gasteiger partial charge in [0.25, 0.3) is 0 Å². The van der Waals surface area contributed by atoms with Gasteiger partial charge in [0.1, 0.15) is 0 Å². The van der Waals surface area contributed by atoms with E-state index in [-0.39, 0.29) is 0 Å². The van der Waals surface area contributed by atoms with Gasteiger partial charge >= 0.3 is 0 Å². The molecule has 0 fully saturated rings. The maximum absolute atomic E-state index is 4.34. The molecule has 0 aliphatic heterocycles. The molecule has 0 spiro atoms. The van der Waals surface area contributed by atoms with Crippen LogP contribution in [0.5, 0.6) is 0 Å². The minimum Gasteiger partial charge on any atom is -0.354 e. The molecule has 108 valence electrons. The molecular weight excluding hydrogens is 258 g/mol. The number of rotatable bonds is 7. The monoisotopic (exact) mass is 277 g/mol. The van der Waals surface area contributed by atoms with E-state index in [2.05, 4.69) is 35.9 Å². The Morgan fingerprint density at radius 3 is 2.50 bits per heavy atom. The van der Waals surface area contributed by atoms with Gasteiger partial charge in [0.15, 0.2) is 0 Å². The van der Waals surface area contributed by atoms with E-state index in [9.17, 15) is 0 Å². The van der Waals surface area contributed by atoms with Gasteiger partial charge in [-0.2, -0.15) is 15.0 Å². The lowest BCUT2D eigenvalue weighted by Gasteiger charge is -2.13. The summed E-state index contributed by atoms with van der Waals surface area (Å²) in [4.78, 5) is 14.8. The van der Waals surface area contributed by atoms with Crippen LogP contribution in [0.4, 0.5) is 17.8 Å². The first kappa shape index (κ1) is 14.0. The maximum Gasteiger partial charge on any atom is 0.231 e. The summed E-state index contributed by atoms with van der Waals surface area (Å²) in [6.07, 6.45) is 3.46. The average molecular weight is 277 g/mol. The highest BCUT2D eigenvalue weighted by atomic mass is 15.4. The summed E-state index contributed by atoms with van der Waals surface area (Å²) in [7, 11) is 3.79. The molecule has 9 nitrogen and oxygen atoms in total. The number of anilines is 3. The zero-order valence-electron chi connectivity index (χ0n) is 11.9. The first-order valence-corrected chi connectivity index (χ1v) is 6.44. The van der Waals surface area contributed by atoms with Crippen molar-refractivity contribution in [1.82, 2.24) is 29.9 Å². The molecule has 2 aromatic rings. The van der Waals surface area contributed by atoms with Crippen molar-refractivity contribution >= 4 is 17.8 Å². The summed E-state index contributed by atoms with van der Waals surface area (Å²) in [5.74, 6) is 1.72. The van der Waals surface area contributed by atoms with Crippen LogP contribution in [0, 0.1) is 0 Å². The Bertz CT molecular complexity index is 523. The lowest BCUT2D eigenvalue weighted by molar-refractivity contribution is 0.607. The molecule has 9 heteroatoms. The second kappa shape index (κ2) is 6.64. The standard InChI is InChI=1S/C11H19N9/c1-4-12-9-15-10(17-11(16-9)19(2)3)13-5-7-20-8-6-14-18-20/h6,8H,4-5,7H2,1-3H3,(H2,12,13,15,16,17). The minimum atomic E-state index is 0.541. The third-order valence-corrected chi connectivity index (χ3v) is 2.45. The SMILES string of the molecule is CCNc1nc(NCCn2ccnn2)nc(N(C)C)n1. The molecule has 0 amide bonds. The predicted molar refractivity (Wildman–Crippen MR) is 76.8 cm³/mol. The van der Waals surface area contributed by atoms with Crippen LogP contribution < -0.4 is 15.5 Å². The van der Waals surface area contributed by atoms with Gasteiger partial charge in [0.2, 0.25) is 17.8 Å². The summed E-state index contributed by atoms with van der Waals surface area (Å²) in [6.45, 7) is 4.11. The lowest BCUT2D eigenvalue weighted by atomic mass is 10.6. The molecule has 0 aliphatic carbocycles. The van der Waals surface area contributed by atoms with Gasteiger partial charge in [0, 0.05) is 33.4 Å². The molecule has 0 radical (unpaired) electrons. The minimum absolute atomic E-state index is 0.541. The molecule has 0 unspecified atom stereocenters. The Labute approximate surface area is 117 Å². The van der Waals surface area contributed by atoms with E-state index in [4.69, 9.17) is 0 Å². The number of hydrogen-bond acceptors (Lipinski definition) is 8. The van der Waals surface area contributed by atoms with Crippen LogP contribution in [-0.2, 0) is 6.54 Å². The smallest absolute Gasteiger partial charge is 0.231 e. The second-order valence-corrected chi connectivity index (χ2v) is 4.30. The zero-order chi connectivity index (χ0) is 14.4. The number of nitrogens with zero attached hydrogens (tertiary/aromatic N) is 7. The fraction of sp³-hybridized carbons (Fsp3) is 0.545. The van der Waals surface area contributed by atoms with E-state index in [0.717, 1.165) is 6.54 Å². The van der Waals surface area contributed by atoms with E-state index < -0.39 is 0 Å². The van der Waals surface area contributed by atoms with Crippen LogP contribution in [-0.4, -0.2) is 57.1 Å². The summed E-state index contributed by atoms with van der Waals surface area (Å²) in [5, 5.41) is 13.9. The number of aromatic nitrogens is 6. The van der Waals surface area contributed by atoms with Crippen LogP contribution in [0.2, 0.25) is 0 Å². The molecule has 2 heterocycles. The van der Waals surface area contributed by atoms with E-state index in [0.29, 0.717) is 30.9 Å². The van der Waals surface area contributed by atoms with Crippen LogP contribution >= 0.6 is 0 Å². The summed E-state index contributed by atoms with van der Waals surface area (Å²) >= 11 is 0. The Hall–Kier alpha value is -2.45. The van der Waals surface area contributed by atoms with Crippen molar-refractivity contribution in [3.8, 4) is 0 Å². The van der Waals surface area contributed by atoms with Crippen LogP contribution in [0.3, 0.4) is 0 Å². The zero-order valence-corrected chi connectivity index (χ0v) is 11.9. The Morgan fingerprint density at radius 1 is 1.15 bits per heavy atom. The van der Waals surface area contributed by atoms with Crippen molar-refractivity contribution in [2.24, 2.45) is 0 Å². The van der Waals surface area contributed by atoms with Gasteiger partial charge < -0.3 is 15.5 Å². The van der Waals surface area contributed by atoms with E-state index in [1.165, 1.54) is 0 Å². The highest BCUT2D eigenvalue weighted by molar-refractivity contribution is 5.42. The maximum atomic E-state index is 4.34. The van der Waals surface area contributed by atoms with Crippen LogP contribution in [0.1, 0.15) is 6.92 Å². The molecule has 0 saturated heterocycles. The van der Waals surface area contributed by atoms with Gasteiger partial charge in [-0.15, -0.1) is 5.10 Å². The molecule has 0 aromatic carbocycles. The van der Waals surface area contributed by atoms with Crippen molar-refractivity contribution in [3.05, 3.63) is 12.4 Å². The third-order valence-electron chi connectivity index (χ3n) is 2.45. The quantitative estimate of drug-likeness (QED) is 0.734. The van der Waals surface area contributed by atoms with Gasteiger partial charge in [-0.1, -0.05) is 5.21 Å². The van der Waals surface area contributed by atoms with E-state index in [1.807, 2.05) is 32.1 Å². The normalized spacial score (nSPS) is 10.3. The van der Waals surface area contributed by atoms with Gasteiger partial charge in [-0.05, 0) is 6.92 Å². The van der Waals surface area contributed by atoms with E-state index in [1.54, 1.807) is 10.9 Å². The van der Waals surface area contributed by atoms with Crippen molar-refractivity contribution in [2.75, 3.05) is 42.7 Å². The van der Waals surface area contributed by atoms with Crippen molar-refractivity contribution < 1.29 is 0 Å². The molecule has 2 aromatic heterocycles. The first-order chi connectivity index (χ1) is 9.69. The largest absolute Gasteiger partial charge is 0.354 e. The molecule has 0 bridgehead atoms. The molecule has 20 heavy (non-hydrogen) atoms. The van der Waals surface area contributed by atoms with Crippen LogP contribution in [0.15, 0.2) is 12.4 Å². The Morgan fingerprint density at radius 2 is 1.90 bits per heavy atom. The first-order valence-electron chi connectivity index (χ1n) is 6.44. The lowest BCUT2D eigenvalue weighted by Crippen LogP contribution is -2.18. The predicted octanol–water partition coefficient (Wildman–Crippen LogP) is 0.0730. The summed E-state index contributed by atoms with van der Waals surface area (Å²) in [6, 6.07) is 0. The van der Waals surface area contributed by atoms with Crippen molar-refractivity contribution in [2.45, 2.75) is 13.5 Å². The number of hydrogen-bond donors (Lipinski definition) is 2. The summed E-state index contributed by atoms with van der Waals surface area (Å²) < 4.78 is 1.74. The molecule has 0 atom stereocenters. The summed E-state index contributed by atoms with van der Waals surface area (Å²) in [5.41, 5.74) is 0. The topological polar surface area (TPSA) is 96.7 Å². The third kappa shape index (κ3) is 3.77. The molecule has 0 aliphatic rings. The molecule has 2 N–H and O–H groups in total. The number of nitrogens with one attached hydrogen (secondary N) is 2. The Balaban J connectivity index is 2.01. The Kier molecular flexibility index (Phi) is 4.64. The van der Waals surface area contributed by atoms with Crippen molar-refractivity contribution in [1.29, 1.82) is 0 Å².